The molecule has 1 atom stereocenters. The zero-order chi connectivity index (χ0) is 10.1. The molecule has 2 N–H and O–H groups in total. The van der Waals surface area contributed by atoms with Gasteiger partial charge in [0, 0.05) is 9.85 Å². The Morgan fingerprint density at radius 1 is 1.60 bits per heavy atom. The van der Waals surface area contributed by atoms with E-state index in [0.29, 0.717) is 11.7 Å². The topological polar surface area (TPSA) is 64.9 Å². The third kappa shape index (κ3) is 2.78. The van der Waals surface area contributed by atoms with E-state index in [9.17, 15) is 0 Å². The molecule has 0 aliphatic heterocycles. The van der Waals surface area contributed by atoms with Crippen LogP contribution in [0, 0.1) is 0 Å². The van der Waals surface area contributed by atoms with E-state index >= 15 is 0 Å². The SMILES string of the molecule is C[C@@H](N)c1nc(-c2cc(Br)cs2)no1.Cl. The van der Waals surface area contributed by atoms with Crippen LogP contribution >= 0.6 is 39.7 Å². The van der Waals surface area contributed by atoms with Gasteiger partial charge in [0.15, 0.2) is 0 Å². The Balaban J connectivity index is 0.00000112. The summed E-state index contributed by atoms with van der Waals surface area (Å²) in [6.45, 7) is 1.81. The van der Waals surface area contributed by atoms with Crippen molar-refractivity contribution in [2.24, 2.45) is 5.73 Å². The molecule has 0 bridgehead atoms. The molecular formula is C8H9BrClN3OS. The largest absolute Gasteiger partial charge is 0.337 e. The van der Waals surface area contributed by atoms with Crippen molar-refractivity contribution >= 4 is 39.7 Å². The summed E-state index contributed by atoms with van der Waals surface area (Å²) in [4.78, 5) is 5.15. The van der Waals surface area contributed by atoms with Gasteiger partial charge in [-0.1, -0.05) is 5.16 Å². The number of nitrogens with two attached hydrogens (primary N) is 1. The predicted molar refractivity (Wildman–Crippen MR) is 65.2 cm³/mol. The fourth-order valence-electron chi connectivity index (χ4n) is 0.951. The molecule has 2 aromatic rings. The van der Waals surface area contributed by atoms with E-state index in [4.69, 9.17) is 10.3 Å². The lowest BCUT2D eigenvalue weighted by molar-refractivity contribution is 0.362. The van der Waals surface area contributed by atoms with Crippen molar-refractivity contribution in [1.82, 2.24) is 10.1 Å². The van der Waals surface area contributed by atoms with Crippen LogP contribution in [-0.2, 0) is 0 Å². The third-order valence-corrected chi connectivity index (χ3v) is 3.31. The van der Waals surface area contributed by atoms with Crippen molar-refractivity contribution in [2.75, 3.05) is 0 Å². The molecule has 0 saturated heterocycles. The van der Waals surface area contributed by atoms with Gasteiger partial charge in [0.2, 0.25) is 11.7 Å². The van der Waals surface area contributed by atoms with Crippen molar-refractivity contribution < 1.29 is 4.52 Å². The highest BCUT2D eigenvalue weighted by Gasteiger charge is 2.12. The zero-order valence-corrected chi connectivity index (χ0v) is 11.0. The van der Waals surface area contributed by atoms with Gasteiger partial charge >= 0.3 is 0 Å². The van der Waals surface area contributed by atoms with E-state index in [1.54, 1.807) is 11.3 Å². The van der Waals surface area contributed by atoms with Gasteiger partial charge in [0.1, 0.15) is 0 Å². The molecule has 0 unspecified atom stereocenters. The summed E-state index contributed by atoms with van der Waals surface area (Å²) < 4.78 is 6.01. The van der Waals surface area contributed by atoms with Crippen LogP contribution < -0.4 is 5.73 Å². The van der Waals surface area contributed by atoms with E-state index in [1.807, 2.05) is 18.4 Å². The minimum Gasteiger partial charge on any atom is -0.337 e. The van der Waals surface area contributed by atoms with E-state index in [1.165, 1.54) is 0 Å². The second kappa shape index (κ2) is 5.07. The average molecular weight is 311 g/mol. The molecular weight excluding hydrogens is 302 g/mol. The van der Waals surface area contributed by atoms with Crippen LogP contribution in [0.2, 0.25) is 0 Å². The van der Waals surface area contributed by atoms with Crippen molar-refractivity contribution in [2.45, 2.75) is 13.0 Å². The summed E-state index contributed by atoms with van der Waals surface area (Å²) in [6.07, 6.45) is 0. The molecule has 0 aliphatic carbocycles. The summed E-state index contributed by atoms with van der Waals surface area (Å²) >= 11 is 4.92. The maximum atomic E-state index is 5.61. The quantitative estimate of drug-likeness (QED) is 0.926. The summed E-state index contributed by atoms with van der Waals surface area (Å²) in [5, 5.41) is 5.81. The van der Waals surface area contributed by atoms with Gasteiger partial charge in [-0.2, -0.15) is 4.98 Å². The highest BCUT2D eigenvalue weighted by Crippen LogP contribution is 2.28. The maximum absolute atomic E-state index is 5.61. The molecule has 0 spiro atoms. The minimum absolute atomic E-state index is 0. The molecule has 0 fully saturated rings. The van der Waals surface area contributed by atoms with Gasteiger partial charge in [-0.05, 0) is 28.9 Å². The van der Waals surface area contributed by atoms with Crippen LogP contribution in [0.1, 0.15) is 18.9 Å². The smallest absolute Gasteiger partial charge is 0.243 e. The van der Waals surface area contributed by atoms with Crippen molar-refractivity contribution in [3.8, 4) is 10.7 Å². The molecule has 7 heteroatoms. The standard InChI is InChI=1S/C8H8BrN3OS.ClH/c1-4(10)8-11-7(12-13-8)6-2-5(9)3-14-6;/h2-4H,10H2,1H3;1H/t4-;/m1./s1. The highest BCUT2D eigenvalue weighted by molar-refractivity contribution is 9.10. The number of halogens is 2. The van der Waals surface area contributed by atoms with Gasteiger partial charge in [-0.3, -0.25) is 0 Å². The third-order valence-electron chi connectivity index (χ3n) is 1.62. The molecule has 0 aromatic carbocycles. The van der Waals surface area contributed by atoms with E-state index in [-0.39, 0.29) is 18.4 Å². The lowest BCUT2D eigenvalue weighted by Gasteiger charge is -1.92. The normalized spacial score (nSPS) is 12.2. The fraction of sp³-hybridized carbons (Fsp3) is 0.250. The molecule has 0 amide bonds. The van der Waals surface area contributed by atoms with Crippen molar-refractivity contribution in [3.63, 3.8) is 0 Å². The van der Waals surface area contributed by atoms with Crippen molar-refractivity contribution in [1.29, 1.82) is 0 Å². The fourth-order valence-corrected chi connectivity index (χ4v) is 2.30. The van der Waals surface area contributed by atoms with Crippen LogP contribution in [0.15, 0.2) is 20.4 Å². The zero-order valence-electron chi connectivity index (χ0n) is 7.81. The number of rotatable bonds is 2. The first-order valence-electron chi connectivity index (χ1n) is 4.00. The molecule has 0 radical (unpaired) electrons. The molecule has 2 heterocycles. The van der Waals surface area contributed by atoms with Gasteiger partial charge in [0.05, 0.1) is 10.9 Å². The van der Waals surface area contributed by atoms with Gasteiger partial charge in [-0.15, -0.1) is 23.7 Å². The Hall–Kier alpha value is -0.430. The summed E-state index contributed by atoms with van der Waals surface area (Å²) in [7, 11) is 0. The Bertz CT molecular complexity index is 443. The Labute approximate surface area is 105 Å². The van der Waals surface area contributed by atoms with E-state index < -0.39 is 0 Å². The molecule has 4 nitrogen and oxygen atoms in total. The summed E-state index contributed by atoms with van der Waals surface area (Å²) in [6, 6.07) is 1.72. The maximum Gasteiger partial charge on any atom is 0.243 e. The summed E-state index contributed by atoms with van der Waals surface area (Å²) in [5.74, 6) is 1.05. The van der Waals surface area contributed by atoms with E-state index in [0.717, 1.165) is 9.35 Å². The molecule has 2 rings (SSSR count). The number of hydrogen-bond acceptors (Lipinski definition) is 5. The Kier molecular flexibility index (Phi) is 4.27. The summed E-state index contributed by atoms with van der Waals surface area (Å²) in [5.41, 5.74) is 5.61. The number of nitrogens with zero attached hydrogens (tertiary/aromatic N) is 2. The van der Waals surface area contributed by atoms with Crippen LogP contribution in [0.25, 0.3) is 10.7 Å². The average Bonchev–Trinajstić information content (AvgIpc) is 2.70. The molecule has 0 saturated carbocycles. The van der Waals surface area contributed by atoms with Gasteiger partial charge in [0.25, 0.3) is 0 Å². The van der Waals surface area contributed by atoms with Crippen LogP contribution in [0.3, 0.4) is 0 Å². The lowest BCUT2D eigenvalue weighted by atomic mass is 10.4. The van der Waals surface area contributed by atoms with E-state index in [2.05, 4.69) is 26.1 Å². The second-order valence-corrected chi connectivity index (χ2v) is 4.70. The van der Waals surface area contributed by atoms with Crippen LogP contribution in [0.5, 0.6) is 0 Å². The number of aromatic nitrogens is 2. The first-order chi connectivity index (χ1) is 6.66. The number of thiophene rings is 1. The Morgan fingerprint density at radius 3 is 2.80 bits per heavy atom. The Morgan fingerprint density at radius 2 is 2.33 bits per heavy atom. The van der Waals surface area contributed by atoms with Gasteiger partial charge in [-0.25, -0.2) is 0 Å². The first-order valence-corrected chi connectivity index (χ1v) is 5.67. The second-order valence-electron chi connectivity index (χ2n) is 2.87. The molecule has 2 aromatic heterocycles. The molecule has 0 aliphatic rings. The predicted octanol–water partition coefficient (Wildman–Crippen LogP) is 3.00. The molecule has 82 valence electrons. The lowest BCUT2D eigenvalue weighted by Crippen LogP contribution is -2.04. The van der Waals surface area contributed by atoms with Crippen molar-refractivity contribution in [3.05, 3.63) is 21.8 Å². The minimum atomic E-state index is -0.223. The first kappa shape index (κ1) is 12.6. The van der Waals surface area contributed by atoms with Crippen LogP contribution in [0.4, 0.5) is 0 Å². The van der Waals surface area contributed by atoms with Crippen LogP contribution in [-0.4, -0.2) is 10.1 Å². The monoisotopic (exact) mass is 309 g/mol. The molecule has 15 heavy (non-hydrogen) atoms. The number of hydrogen-bond donors (Lipinski definition) is 1. The highest BCUT2D eigenvalue weighted by atomic mass is 79.9. The van der Waals surface area contributed by atoms with Gasteiger partial charge < -0.3 is 10.3 Å².